The van der Waals surface area contributed by atoms with Crippen molar-refractivity contribution < 1.29 is 13.2 Å². The molecule has 2 rings (SSSR count). The largest absolute Gasteiger partial charge is 0.337 e. The Labute approximate surface area is 116 Å². The molecule has 104 valence electrons. The highest BCUT2D eigenvalue weighted by atomic mass is 35.5. The molecule has 1 aromatic carbocycles. The minimum atomic E-state index is -3.02. The van der Waals surface area contributed by atoms with Crippen LogP contribution in [-0.2, 0) is 9.84 Å². The van der Waals surface area contributed by atoms with Crippen molar-refractivity contribution in [3.05, 3.63) is 28.8 Å². The fraction of sp³-hybridized carbons (Fsp3) is 0.364. The first-order valence-corrected chi connectivity index (χ1v) is 7.89. The van der Waals surface area contributed by atoms with Crippen molar-refractivity contribution in [2.75, 3.05) is 30.0 Å². The first kappa shape index (κ1) is 14.1. The molecule has 1 aromatic rings. The summed E-state index contributed by atoms with van der Waals surface area (Å²) in [4.78, 5) is 13.8. The summed E-state index contributed by atoms with van der Waals surface area (Å²) in [6.45, 7) is 0.384. The second kappa shape index (κ2) is 5.36. The lowest BCUT2D eigenvalue weighted by Crippen LogP contribution is -2.44. The van der Waals surface area contributed by atoms with Crippen LogP contribution in [0.4, 0.5) is 5.69 Å². The van der Waals surface area contributed by atoms with Gasteiger partial charge in [-0.05, 0) is 18.2 Å². The lowest BCUT2D eigenvalue weighted by atomic mass is 10.1. The minimum absolute atomic E-state index is 0.00923. The summed E-state index contributed by atoms with van der Waals surface area (Å²) in [5.74, 6) is 5.06. The van der Waals surface area contributed by atoms with Crippen molar-refractivity contribution in [3.8, 4) is 0 Å². The quantitative estimate of drug-likeness (QED) is 0.613. The Hall–Kier alpha value is -1.31. The van der Waals surface area contributed by atoms with Crippen molar-refractivity contribution in [3.63, 3.8) is 0 Å². The van der Waals surface area contributed by atoms with Gasteiger partial charge in [0.2, 0.25) is 0 Å². The van der Waals surface area contributed by atoms with Gasteiger partial charge in [-0.3, -0.25) is 10.6 Å². The van der Waals surface area contributed by atoms with Gasteiger partial charge < -0.3 is 10.3 Å². The predicted molar refractivity (Wildman–Crippen MR) is 73.8 cm³/mol. The number of hydrogen-bond acceptors (Lipinski definition) is 5. The number of nitrogens with zero attached hydrogens (tertiary/aromatic N) is 1. The molecule has 1 fully saturated rings. The molecular weight excluding hydrogens is 290 g/mol. The monoisotopic (exact) mass is 303 g/mol. The maximum atomic E-state index is 12.3. The number of hydrazine groups is 1. The van der Waals surface area contributed by atoms with Crippen molar-refractivity contribution in [1.29, 1.82) is 0 Å². The van der Waals surface area contributed by atoms with E-state index in [0.717, 1.165) is 0 Å². The molecule has 0 bridgehead atoms. The van der Waals surface area contributed by atoms with Gasteiger partial charge in [-0.15, -0.1) is 0 Å². The van der Waals surface area contributed by atoms with E-state index in [4.69, 9.17) is 17.4 Å². The smallest absolute Gasteiger partial charge is 0.256 e. The second-order valence-electron chi connectivity index (χ2n) is 4.28. The Morgan fingerprint density at radius 1 is 1.32 bits per heavy atom. The Morgan fingerprint density at radius 2 is 1.95 bits per heavy atom. The van der Waals surface area contributed by atoms with E-state index in [0.29, 0.717) is 16.3 Å². The number of nitrogens with one attached hydrogen (secondary N) is 1. The van der Waals surface area contributed by atoms with Crippen LogP contribution in [0.1, 0.15) is 10.4 Å². The molecule has 19 heavy (non-hydrogen) atoms. The molecule has 1 aliphatic heterocycles. The molecular formula is C11H14ClN3O3S. The fourth-order valence-electron chi connectivity index (χ4n) is 1.91. The molecule has 0 saturated carbocycles. The number of benzene rings is 1. The van der Waals surface area contributed by atoms with E-state index in [1.165, 1.54) is 11.0 Å². The molecule has 0 spiro atoms. The number of anilines is 1. The molecule has 1 saturated heterocycles. The Morgan fingerprint density at radius 3 is 2.53 bits per heavy atom. The highest BCUT2D eigenvalue weighted by Crippen LogP contribution is 2.22. The van der Waals surface area contributed by atoms with Crippen LogP contribution in [0.5, 0.6) is 0 Å². The van der Waals surface area contributed by atoms with Gasteiger partial charge >= 0.3 is 0 Å². The predicted octanol–water partition coefficient (Wildman–Crippen LogP) is 0.496. The Balaban J connectivity index is 2.23. The molecule has 0 aromatic heterocycles. The fourth-order valence-corrected chi connectivity index (χ4v) is 3.28. The number of sulfone groups is 1. The number of rotatable bonds is 2. The Bertz CT molecular complexity index is 589. The number of carbonyl (C=O) groups excluding carboxylic acids is 1. The standard InChI is InChI=1S/C11H14ClN3O3S/c12-8-1-2-10(14-13)9(7-8)11(16)15-3-5-19(17,18)6-4-15/h1-2,7,14H,3-6,13H2. The van der Waals surface area contributed by atoms with Gasteiger partial charge in [0.25, 0.3) is 5.91 Å². The summed E-state index contributed by atoms with van der Waals surface area (Å²) >= 11 is 5.87. The normalized spacial score (nSPS) is 18.1. The average molecular weight is 304 g/mol. The van der Waals surface area contributed by atoms with Gasteiger partial charge in [-0.25, -0.2) is 8.42 Å². The van der Waals surface area contributed by atoms with E-state index in [-0.39, 0.29) is 30.5 Å². The van der Waals surface area contributed by atoms with Crippen LogP contribution in [0.15, 0.2) is 18.2 Å². The van der Waals surface area contributed by atoms with Crippen molar-refractivity contribution in [2.24, 2.45) is 5.84 Å². The van der Waals surface area contributed by atoms with Gasteiger partial charge in [0.1, 0.15) is 0 Å². The van der Waals surface area contributed by atoms with Gasteiger partial charge in [-0.1, -0.05) is 11.6 Å². The third kappa shape index (κ3) is 3.17. The molecule has 0 aliphatic carbocycles. The number of hydrogen-bond donors (Lipinski definition) is 2. The first-order valence-electron chi connectivity index (χ1n) is 5.69. The number of nitrogens with two attached hydrogens (primary N) is 1. The molecule has 0 atom stereocenters. The average Bonchev–Trinajstić information content (AvgIpc) is 2.38. The van der Waals surface area contributed by atoms with Gasteiger partial charge in [0, 0.05) is 18.1 Å². The van der Waals surface area contributed by atoms with Crippen LogP contribution in [0.25, 0.3) is 0 Å². The number of halogens is 1. The molecule has 1 heterocycles. The molecule has 6 nitrogen and oxygen atoms in total. The van der Waals surface area contributed by atoms with E-state index in [1.54, 1.807) is 12.1 Å². The van der Waals surface area contributed by atoms with Crippen molar-refractivity contribution in [2.45, 2.75) is 0 Å². The highest BCUT2D eigenvalue weighted by molar-refractivity contribution is 7.91. The SMILES string of the molecule is NNc1ccc(Cl)cc1C(=O)N1CCS(=O)(=O)CC1. The van der Waals surface area contributed by atoms with Crippen LogP contribution in [0, 0.1) is 0 Å². The third-order valence-corrected chi connectivity index (χ3v) is 4.84. The summed E-state index contributed by atoms with van der Waals surface area (Å²) in [5.41, 5.74) is 3.24. The summed E-state index contributed by atoms with van der Waals surface area (Å²) in [6.07, 6.45) is 0. The zero-order valence-corrected chi connectivity index (χ0v) is 11.7. The van der Waals surface area contributed by atoms with Gasteiger partial charge in [0.15, 0.2) is 9.84 Å². The molecule has 3 N–H and O–H groups in total. The lowest BCUT2D eigenvalue weighted by Gasteiger charge is -2.27. The van der Waals surface area contributed by atoms with Crippen molar-refractivity contribution >= 4 is 33.0 Å². The summed E-state index contributed by atoms with van der Waals surface area (Å²) in [5, 5.41) is 0.423. The number of carbonyl (C=O) groups is 1. The van der Waals surface area contributed by atoms with Gasteiger partial charge in [-0.2, -0.15) is 0 Å². The van der Waals surface area contributed by atoms with Crippen LogP contribution < -0.4 is 11.3 Å². The number of nitrogen functional groups attached to an aromatic ring is 1. The van der Waals surface area contributed by atoms with E-state index >= 15 is 0 Å². The summed E-state index contributed by atoms with van der Waals surface area (Å²) in [7, 11) is -3.02. The summed E-state index contributed by atoms with van der Waals surface area (Å²) in [6, 6.07) is 4.74. The minimum Gasteiger partial charge on any atom is -0.337 e. The second-order valence-corrected chi connectivity index (χ2v) is 7.02. The van der Waals surface area contributed by atoms with Gasteiger partial charge in [0.05, 0.1) is 22.8 Å². The topological polar surface area (TPSA) is 92.5 Å². The molecule has 0 unspecified atom stereocenters. The highest BCUT2D eigenvalue weighted by Gasteiger charge is 2.26. The molecule has 1 aliphatic rings. The Kier molecular flexibility index (Phi) is 3.98. The van der Waals surface area contributed by atoms with Crippen LogP contribution in [-0.4, -0.2) is 43.8 Å². The van der Waals surface area contributed by atoms with Crippen LogP contribution >= 0.6 is 11.6 Å². The van der Waals surface area contributed by atoms with Crippen LogP contribution in [0.3, 0.4) is 0 Å². The molecule has 0 radical (unpaired) electrons. The van der Waals surface area contributed by atoms with E-state index < -0.39 is 9.84 Å². The van der Waals surface area contributed by atoms with Crippen molar-refractivity contribution in [1.82, 2.24) is 4.90 Å². The third-order valence-electron chi connectivity index (χ3n) is 3.00. The maximum absolute atomic E-state index is 12.3. The summed E-state index contributed by atoms with van der Waals surface area (Å²) < 4.78 is 22.7. The van der Waals surface area contributed by atoms with Crippen LogP contribution in [0.2, 0.25) is 5.02 Å². The number of amides is 1. The van der Waals surface area contributed by atoms with E-state index in [1.807, 2.05) is 0 Å². The zero-order valence-electron chi connectivity index (χ0n) is 10.1. The molecule has 1 amide bonds. The van der Waals surface area contributed by atoms with E-state index in [2.05, 4.69) is 5.43 Å². The molecule has 8 heteroatoms. The maximum Gasteiger partial charge on any atom is 0.256 e. The lowest BCUT2D eigenvalue weighted by molar-refractivity contribution is 0.0771. The van der Waals surface area contributed by atoms with E-state index in [9.17, 15) is 13.2 Å². The first-order chi connectivity index (χ1) is 8.93. The zero-order chi connectivity index (χ0) is 14.0.